The number of nitrogens with one attached hydrogen (secondary N) is 2. The molecule has 6 nitrogen and oxygen atoms in total. The van der Waals surface area contributed by atoms with Gasteiger partial charge in [0.15, 0.2) is 0 Å². The quantitative estimate of drug-likeness (QED) is 0.883. The van der Waals surface area contributed by atoms with Gasteiger partial charge >= 0.3 is 0 Å². The van der Waals surface area contributed by atoms with Gasteiger partial charge in [-0.05, 0) is 43.4 Å². The number of carbonyl (C=O) groups excluding carboxylic acids is 1. The molecule has 0 saturated heterocycles. The van der Waals surface area contributed by atoms with E-state index in [1.165, 1.54) is 5.56 Å². The Bertz CT molecular complexity index is 759. The zero-order valence-corrected chi connectivity index (χ0v) is 14.4. The molecule has 126 valence electrons. The van der Waals surface area contributed by atoms with Crippen LogP contribution in [0.2, 0.25) is 0 Å². The molecule has 1 aliphatic heterocycles. The van der Waals surface area contributed by atoms with Crippen molar-refractivity contribution < 1.29 is 4.79 Å². The molecular formula is C18H23N5O. The lowest BCUT2D eigenvalue weighted by Crippen LogP contribution is -2.19. The highest BCUT2D eigenvalue weighted by Crippen LogP contribution is 2.27. The Balaban J connectivity index is 1.78. The van der Waals surface area contributed by atoms with Gasteiger partial charge in [-0.15, -0.1) is 5.10 Å². The molecule has 3 rings (SSSR count). The first kappa shape index (κ1) is 16.4. The van der Waals surface area contributed by atoms with Crippen molar-refractivity contribution >= 4 is 17.5 Å². The van der Waals surface area contributed by atoms with Crippen LogP contribution < -0.4 is 10.6 Å². The van der Waals surface area contributed by atoms with Gasteiger partial charge in [0.25, 0.3) is 0 Å². The van der Waals surface area contributed by atoms with Crippen molar-refractivity contribution in [3.8, 4) is 0 Å². The second kappa shape index (κ2) is 6.95. The molecule has 1 aromatic heterocycles. The average molecular weight is 325 g/mol. The van der Waals surface area contributed by atoms with Crippen LogP contribution in [0.5, 0.6) is 0 Å². The first-order chi connectivity index (χ1) is 11.6. The van der Waals surface area contributed by atoms with Crippen molar-refractivity contribution in [1.82, 2.24) is 15.2 Å². The number of rotatable bonds is 5. The van der Waals surface area contributed by atoms with Crippen LogP contribution in [-0.2, 0) is 24.1 Å². The van der Waals surface area contributed by atoms with Crippen molar-refractivity contribution in [1.29, 1.82) is 0 Å². The summed E-state index contributed by atoms with van der Waals surface area (Å²) in [6, 6.07) is 6.20. The van der Waals surface area contributed by atoms with Gasteiger partial charge in [0.05, 0.1) is 17.4 Å². The number of hydrogen-bond acceptors (Lipinski definition) is 5. The van der Waals surface area contributed by atoms with Gasteiger partial charge < -0.3 is 10.6 Å². The topological polar surface area (TPSA) is 79.8 Å². The van der Waals surface area contributed by atoms with Crippen LogP contribution in [0.4, 0.5) is 11.6 Å². The number of benzene rings is 1. The molecule has 0 fully saturated rings. The van der Waals surface area contributed by atoms with Gasteiger partial charge in [-0.2, -0.15) is 5.10 Å². The molecule has 1 aromatic carbocycles. The first-order valence-electron chi connectivity index (χ1n) is 8.52. The minimum Gasteiger partial charge on any atom is -0.346 e. The van der Waals surface area contributed by atoms with Crippen molar-refractivity contribution in [3.63, 3.8) is 0 Å². The van der Waals surface area contributed by atoms with Crippen LogP contribution in [0.15, 0.2) is 18.2 Å². The summed E-state index contributed by atoms with van der Waals surface area (Å²) in [7, 11) is 0. The van der Waals surface area contributed by atoms with Crippen molar-refractivity contribution in [3.05, 3.63) is 40.7 Å². The maximum absolute atomic E-state index is 11.5. The van der Waals surface area contributed by atoms with E-state index in [1.807, 2.05) is 12.1 Å². The molecule has 0 aliphatic carbocycles. The van der Waals surface area contributed by atoms with E-state index in [4.69, 9.17) is 0 Å². The van der Waals surface area contributed by atoms with Gasteiger partial charge in [0.2, 0.25) is 11.9 Å². The molecule has 0 saturated carbocycles. The second-order valence-electron chi connectivity index (χ2n) is 6.07. The SMILES string of the molecule is CCc1nnc(N[C@H](C)c2ccc3c(c2)CCC(=O)N3)nc1CC. The number of hydrogen-bond donors (Lipinski definition) is 2. The summed E-state index contributed by atoms with van der Waals surface area (Å²) in [6.45, 7) is 6.21. The maximum Gasteiger partial charge on any atom is 0.243 e. The van der Waals surface area contributed by atoms with E-state index in [1.54, 1.807) is 0 Å². The van der Waals surface area contributed by atoms with Crippen LogP contribution >= 0.6 is 0 Å². The second-order valence-corrected chi connectivity index (χ2v) is 6.07. The van der Waals surface area contributed by atoms with Gasteiger partial charge in [-0.3, -0.25) is 4.79 Å². The molecule has 0 radical (unpaired) electrons. The molecule has 2 aromatic rings. The third-order valence-electron chi connectivity index (χ3n) is 4.38. The van der Waals surface area contributed by atoms with Crippen LogP contribution in [0, 0.1) is 0 Å². The Kier molecular flexibility index (Phi) is 4.74. The predicted octanol–water partition coefficient (Wildman–Crippen LogP) is 3.05. The maximum atomic E-state index is 11.5. The predicted molar refractivity (Wildman–Crippen MR) is 94.0 cm³/mol. The molecule has 6 heteroatoms. The van der Waals surface area contributed by atoms with E-state index >= 15 is 0 Å². The van der Waals surface area contributed by atoms with E-state index in [2.05, 4.69) is 52.7 Å². The summed E-state index contributed by atoms with van der Waals surface area (Å²) < 4.78 is 0. The fourth-order valence-electron chi connectivity index (χ4n) is 2.95. The number of nitrogens with zero attached hydrogens (tertiary/aromatic N) is 3. The average Bonchev–Trinajstić information content (AvgIpc) is 2.61. The normalized spacial score (nSPS) is 14.7. The Morgan fingerprint density at radius 2 is 1.96 bits per heavy atom. The zero-order valence-electron chi connectivity index (χ0n) is 14.4. The summed E-state index contributed by atoms with van der Waals surface area (Å²) in [4.78, 5) is 16.0. The van der Waals surface area contributed by atoms with E-state index in [-0.39, 0.29) is 11.9 Å². The summed E-state index contributed by atoms with van der Waals surface area (Å²) in [6.07, 6.45) is 3.02. The van der Waals surface area contributed by atoms with Crippen LogP contribution in [0.25, 0.3) is 0 Å². The van der Waals surface area contributed by atoms with E-state index in [0.717, 1.165) is 41.9 Å². The number of anilines is 2. The number of aromatic nitrogens is 3. The molecule has 0 unspecified atom stereocenters. The molecule has 24 heavy (non-hydrogen) atoms. The molecule has 0 spiro atoms. The molecule has 1 atom stereocenters. The van der Waals surface area contributed by atoms with Crippen LogP contribution in [-0.4, -0.2) is 21.1 Å². The third kappa shape index (κ3) is 3.37. The molecule has 2 heterocycles. The third-order valence-corrected chi connectivity index (χ3v) is 4.38. The minimum atomic E-state index is 0.0620. The number of aryl methyl sites for hydroxylation is 3. The van der Waals surface area contributed by atoms with Gasteiger partial charge in [0, 0.05) is 12.1 Å². The Hall–Kier alpha value is -2.50. The van der Waals surface area contributed by atoms with Crippen molar-refractivity contribution in [2.75, 3.05) is 10.6 Å². The van der Waals surface area contributed by atoms with Gasteiger partial charge in [-0.1, -0.05) is 26.0 Å². The summed E-state index contributed by atoms with van der Waals surface area (Å²) in [5.41, 5.74) is 5.19. The van der Waals surface area contributed by atoms with Crippen molar-refractivity contribution in [2.45, 2.75) is 52.5 Å². The first-order valence-corrected chi connectivity index (χ1v) is 8.52. The molecule has 1 amide bonds. The number of amides is 1. The standard InChI is InChI=1S/C18H23N5O/c1-4-14-15(5-2)22-23-18(21-14)19-11(3)12-6-8-16-13(10-12)7-9-17(24)20-16/h6,8,10-11H,4-5,7,9H2,1-3H3,(H,20,24)(H,19,21,23)/t11-/m1/s1. The molecular weight excluding hydrogens is 302 g/mol. The molecule has 1 aliphatic rings. The Labute approximate surface area is 142 Å². The molecule has 0 bridgehead atoms. The smallest absolute Gasteiger partial charge is 0.243 e. The highest BCUT2D eigenvalue weighted by molar-refractivity contribution is 5.93. The highest BCUT2D eigenvalue weighted by Gasteiger charge is 2.17. The fourth-order valence-corrected chi connectivity index (χ4v) is 2.95. The van der Waals surface area contributed by atoms with E-state index in [9.17, 15) is 4.79 Å². The zero-order chi connectivity index (χ0) is 17.1. The number of carbonyl (C=O) groups is 1. The monoisotopic (exact) mass is 325 g/mol. The van der Waals surface area contributed by atoms with Crippen LogP contribution in [0.1, 0.15) is 55.7 Å². The molecule has 2 N–H and O–H groups in total. The highest BCUT2D eigenvalue weighted by atomic mass is 16.1. The summed E-state index contributed by atoms with van der Waals surface area (Å²) in [5.74, 6) is 0.645. The van der Waals surface area contributed by atoms with Crippen molar-refractivity contribution in [2.24, 2.45) is 0 Å². The summed E-state index contributed by atoms with van der Waals surface area (Å²) in [5, 5.41) is 14.7. The Morgan fingerprint density at radius 3 is 2.71 bits per heavy atom. The lowest BCUT2D eigenvalue weighted by Gasteiger charge is -2.20. The Morgan fingerprint density at radius 1 is 1.17 bits per heavy atom. The lowest BCUT2D eigenvalue weighted by atomic mass is 9.98. The fraction of sp³-hybridized carbons (Fsp3) is 0.444. The number of fused-ring (bicyclic) bond motifs is 1. The van der Waals surface area contributed by atoms with Gasteiger partial charge in [-0.25, -0.2) is 4.98 Å². The van der Waals surface area contributed by atoms with Crippen LogP contribution in [0.3, 0.4) is 0 Å². The minimum absolute atomic E-state index is 0.0620. The largest absolute Gasteiger partial charge is 0.346 e. The van der Waals surface area contributed by atoms with E-state index < -0.39 is 0 Å². The van der Waals surface area contributed by atoms with E-state index in [0.29, 0.717) is 12.4 Å². The lowest BCUT2D eigenvalue weighted by molar-refractivity contribution is -0.116. The van der Waals surface area contributed by atoms with Gasteiger partial charge in [0.1, 0.15) is 0 Å². The summed E-state index contributed by atoms with van der Waals surface area (Å²) >= 11 is 0.